The van der Waals surface area contributed by atoms with Gasteiger partial charge in [0.2, 0.25) is 0 Å². The number of aliphatic carboxylic acids is 2. The van der Waals surface area contributed by atoms with Crippen LogP contribution in [0.3, 0.4) is 0 Å². The van der Waals surface area contributed by atoms with Crippen LogP contribution in [0.5, 0.6) is 23.0 Å². The molecule has 4 unspecified atom stereocenters. The molecule has 2 aromatic rings. The number of methoxy groups -OCH3 is 4. The highest BCUT2D eigenvalue weighted by Gasteiger charge is 2.26. The Labute approximate surface area is 272 Å². The van der Waals surface area contributed by atoms with Crippen molar-refractivity contribution in [2.24, 2.45) is 0 Å². The van der Waals surface area contributed by atoms with Crippen molar-refractivity contribution in [1.82, 2.24) is 0 Å². The van der Waals surface area contributed by atoms with Gasteiger partial charge in [0.25, 0.3) is 0 Å². The Balaban J connectivity index is 0.000000273. The average molecular weight is 649 g/mol. The van der Waals surface area contributed by atoms with Crippen molar-refractivity contribution in [2.75, 3.05) is 41.7 Å². The second kappa shape index (κ2) is 21.3. The summed E-state index contributed by atoms with van der Waals surface area (Å²) in [6, 6.07) is 13.0. The topological polar surface area (TPSA) is 191 Å². The molecular weight excluding hydrogens is 596 g/mol. The molecule has 258 valence electrons. The van der Waals surface area contributed by atoms with Gasteiger partial charge in [-0.3, -0.25) is 0 Å². The molecule has 0 saturated heterocycles. The van der Waals surface area contributed by atoms with E-state index in [0.717, 1.165) is 61.9 Å². The quantitative estimate of drug-likeness (QED) is 0.299. The molecule has 0 aromatic heterocycles. The summed E-state index contributed by atoms with van der Waals surface area (Å²) < 4.78 is 33.1. The van der Waals surface area contributed by atoms with Gasteiger partial charge in [-0.15, -0.1) is 0 Å². The van der Waals surface area contributed by atoms with Gasteiger partial charge in [-0.25, -0.2) is 0 Å². The van der Waals surface area contributed by atoms with Crippen LogP contribution in [0.4, 0.5) is 0 Å². The van der Waals surface area contributed by atoms with E-state index in [-0.39, 0.29) is 0 Å². The van der Waals surface area contributed by atoms with Crippen molar-refractivity contribution in [1.29, 1.82) is 0 Å². The third kappa shape index (κ3) is 13.4. The fraction of sp³-hybridized carbons (Fsp3) is 0.588. The van der Waals surface area contributed by atoms with Crippen molar-refractivity contribution in [3.05, 3.63) is 47.5 Å². The molecule has 2 aliphatic carbocycles. The van der Waals surface area contributed by atoms with E-state index in [1.165, 1.54) is 49.7 Å². The summed E-state index contributed by atoms with van der Waals surface area (Å²) in [4.78, 5) is 17.9. The van der Waals surface area contributed by atoms with E-state index in [2.05, 4.69) is 23.6 Å². The first-order chi connectivity index (χ1) is 22.1. The Kier molecular flexibility index (Phi) is 17.8. The van der Waals surface area contributed by atoms with Crippen LogP contribution in [0.1, 0.15) is 62.5 Å². The van der Waals surface area contributed by atoms with Gasteiger partial charge >= 0.3 is 0 Å². The Morgan fingerprint density at radius 3 is 1.26 bits per heavy atom. The van der Waals surface area contributed by atoms with Crippen LogP contribution in [0.2, 0.25) is 0 Å². The molecule has 0 amide bonds. The molecule has 6 N–H and O–H groups in total. The molecule has 12 nitrogen and oxygen atoms in total. The monoisotopic (exact) mass is 648 g/mol. The van der Waals surface area contributed by atoms with E-state index >= 15 is 0 Å². The number of carboxylic acids is 2. The molecule has 2 saturated carbocycles. The SMILES string of the molecule is COc1ccc(CCOC2CCCCC2[NH3+])cc1OC.COc1ccc(CCOC2CCCCC2[NH3+])cc1OC.O=C([O-])C(=O)[O-]. The molecule has 46 heavy (non-hydrogen) atoms. The lowest BCUT2D eigenvalue weighted by Crippen LogP contribution is -2.67. The zero-order valence-electron chi connectivity index (χ0n) is 27.8. The molecule has 4 atom stereocenters. The molecule has 0 spiro atoms. The Bertz CT molecular complexity index is 1100. The van der Waals surface area contributed by atoms with Gasteiger partial charge in [0.05, 0.1) is 53.6 Å². The van der Waals surface area contributed by atoms with Gasteiger partial charge < -0.3 is 59.7 Å². The number of ether oxygens (including phenoxy) is 6. The third-order valence-electron chi connectivity index (χ3n) is 8.19. The van der Waals surface area contributed by atoms with Gasteiger partial charge in [0.15, 0.2) is 23.0 Å². The first kappa shape index (κ1) is 38.6. The highest BCUT2D eigenvalue weighted by molar-refractivity contribution is 6.25. The maximum Gasteiger partial charge on any atom is 0.160 e. The molecule has 2 fully saturated rings. The molecule has 0 aliphatic heterocycles. The summed E-state index contributed by atoms with van der Waals surface area (Å²) in [6.07, 6.45) is 12.3. The van der Waals surface area contributed by atoms with E-state index in [9.17, 15) is 0 Å². The van der Waals surface area contributed by atoms with Crippen LogP contribution >= 0.6 is 0 Å². The number of carboxylic acid groups (broad SMARTS) is 2. The lowest BCUT2D eigenvalue weighted by atomic mass is 9.93. The smallest absolute Gasteiger partial charge is 0.160 e. The largest absolute Gasteiger partial charge is 0.543 e. The minimum atomic E-state index is -2.19. The predicted octanol–water partition coefficient (Wildman–Crippen LogP) is 0.118. The number of benzene rings is 2. The van der Waals surface area contributed by atoms with Crippen LogP contribution in [0, 0.1) is 0 Å². The Morgan fingerprint density at radius 2 is 0.957 bits per heavy atom. The molecule has 12 heteroatoms. The summed E-state index contributed by atoms with van der Waals surface area (Å²) in [5, 5.41) is 17.9. The lowest BCUT2D eigenvalue weighted by molar-refractivity contribution is -0.445. The van der Waals surface area contributed by atoms with E-state index in [1.807, 2.05) is 24.3 Å². The lowest BCUT2D eigenvalue weighted by Gasteiger charge is -2.26. The fourth-order valence-corrected chi connectivity index (χ4v) is 5.51. The highest BCUT2D eigenvalue weighted by Crippen LogP contribution is 2.29. The highest BCUT2D eigenvalue weighted by atomic mass is 16.5. The van der Waals surface area contributed by atoms with Crippen LogP contribution in [-0.4, -0.2) is 77.9 Å². The van der Waals surface area contributed by atoms with Gasteiger partial charge in [-0.2, -0.15) is 0 Å². The van der Waals surface area contributed by atoms with Crippen molar-refractivity contribution in [3.8, 4) is 23.0 Å². The standard InChI is InChI=1S/2C16H25NO3.C2H2O4/c2*1-18-15-8-7-12(11-16(15)19-2)9-10-20-14-6-4-3-5-13(14)17;3-1(4)2(5)6/h2*7-8,11,13-14H,3-6,9-10,17H2,1-2H3;(H,3,4)(H,5,6). The molecule has 2 aliphatic rings. The first-order valence-corrected chi connectivity index (χ1v) is 15.9. The first-order valence-electron chi connectivity index (χ1n) is 15.9. The maximum atomic E-state index is 8.93. The second-order valence-corrected chi connectivity index (χ2v) is 11.4. The minimum Gasteiger partial charge on any atom is -0.543 e. The maximum absolute atomic E-state index is 8.93. The average Bonchev–Trinajstić information content (AvgIpc) is 3.06. The molecule has 0 heterocycles. The van der Waals surface area contributed by atoms with Crippen LogP contribution in [0.15, 0.2) is 36.4 Å². The number of rotatable bonds is 12. The second-order valence-electron chi connectivity index (χ2n) is 11.4. The molecule has 2 aromatic carbocycles. The normalized spacial score (nSPS) is 20.6. The number of carbonyl (C=O) groups is 2. The van der Waals surface area contributed by atoms with E-state index in [0.29, 0.717) is 24.3 Å². The fourth-order valence-electron chi connectivity index (χ4n) is 5.51. The van der Waals surface area contributed by atoms with E-state index in [1.54, 1.807) is 28.4 Å². The van der Waals surface area contributed by atoms with Crippen LogP contribution < -0.4 is 40.6 Å². The number of hydrogen-bond acceptors (Lipinski definition) is 10. The summed E-state index contributed by atoms with van der Waals surface area (Å²) >= 11 is 0. The van der Waals surface area contributed by atoms with Crippen molar-refractivity contribution in [3.63, 3.8) is 0 Å². The van der Waals surface area contributed by atoms with Crippen molar-refractivity contribution >= 4 is 11.9 Å². The van der Waals surface area contributed by atoms with Crippen LogP contribution in [-0.2, 0) is 31.9 Å². The summed E-state index contributed by atoms with van der Waals surface area (Å²) in [5.41, 5.74) is 10.8. The number of quaternary nitrogens is 2. The van der Waals surface area contributed by atoms with Gasteiger partial charge in [0, 0.05) is 12.8 Å². The van der Waals surface area contributed by atoms with Gasteiger partial charge in [0.1, 0.15) is 24.3 Å². The van der Waals surface area contributed by atoms with Crippen molar-refractivity contribution in [2.45, 2.75) is 88.5 Å². The zero-order chi connectivity index (χ0) is 33.9. The molecule has 0 radical (unpaired) electrons. The van der Waals surface area contributed by atoms with Gasteiger partial charge in [-0.05, 0) is 73.9 Å². The third-order valence-corrected chi connectivity index (χ3v) is 8.19. The molecular formula is C34H52N2O10. The zero-order valence-corrected chi connectivity index (χ0v) is 27.8. The summed E-state index contributed by atoms with van der Waals surface area (Å²) in [5.74, 6) is -1.29. The summed E-state index contributed by atoms with van der Waals surface area (Å²) in [6.45, 7) is 1.48. The molecule has 4 rings (SSSR count). The number of carbonyl (C=O) groups excluding carboxylic acids is 2. The Hall–Kier alpha value is -3.58. The van der Waals surface area contributed by atoms with Gasteiger partial charge in [-0.1, -0.05) is 25.0 Å². The van der Waals surface area contributed by atoms with E-state index < -0.39 is 11.9 Å². The van der Waals surface area contributed by atoms with Crippen LogP contribution in [0.25, 0.3) is 0 Å². The van der Waals surface area contributed by atoms with E-state index in [4.69, 9.17) is 48.2 Å². The predicted molar refractivity (Wildman–Crippen MR) is 166 cm³/mol. The molecule has 0 bridgehead atoms. The Morgan fingerprint density at radius 1 is 0.609 bits per heavy atom. The minimum absolute atomic E-state index is 0.337. The van der Waals surface area contributed by atoms with Crippen molar-refractivity contribution < 1.29 is 59.7 Å². The summed E-state index contributed by atoms with van der Waals surface area (Å²) in [7, 11) is 6.62. The number of hydrogen-bond donors (Lipinski definition) is 2.